The van der Waals surface area contributed by atoms with Crippen molar-refractivity contribution in [2.75, 3.05) is 0 Å². The Morgan fingerprint density at radius 3 is 2.70 bits per heavy atom. The summed E-state index contributed by atoms with van der Waals surface area (Å²) in [4.78, 5) is 23.8. The lowest BCUT2D eigenvalue weighted by atomic mass is 9.79. The summed E-state index contributed by atoms with van der Waals surface area (Å²) in [5.74, 6) is 0.390. The van der Waals surface area contributed by atoms with Gasteiger partial charge >= 0.3 is 6.18 Å². The van der Waals surface area contributed by atoms with Gasteiger partial charge in [0.05, 0.1) is 12.1 Å². The van der Waals surface area contributed by atoms with Crippen molar-refractivity contribution >= 4 is 11.0 Å². The van der Waals surface area contributed by atoms with Crippen LogP contribution in [0.2, 0.25) is 0 Å². The van der Waals surface area contributed by atoms with Crippen LogP contribution in [-0.4, -0.2) is 34.5 Å². The third-order valence-electron chi connectivity index (χ3n) is 6.07. The third kappa shape index (κ3) is 3.45. The first-order chi connectivity index (χ1) is 15.8. The number of aromatic amines is 1. The van der Waals surface area contributed by atoms with Gasteiger partial charge in [-0.15, -0.1) is 0 Å². The molecule has 0 bridgehead atoms. The molecule has 4 aromatic rings. The molecule has 1 aliphatic rings. The number of pyridine rings is 1. The number of nitriles is 1. The number of nitrogens with zero attached hydrogens (tertiary/aromatic N) is 7. The predicted octanol–water partition coefficient (Wildman–Crippen LogP) is 3.33. The first kappa shape index (κ1) is 20.9. The van der Waals surface area contributed by atoms with Gasteiger partial charge in [-0.25, -0.2) is 9.67 Å². The van der Waals surface area contributed by atoms with E-state index in [0.717, 1.165) is 25.1 Å². The minimum absolute atomic E-state index is 0.0444. The van der Waals surface area contributed by atoms with Crippen LogP contribution in [0.15, 0.2) is 41.6 Å². The van der Waals surface area contributed by atoms with Crippen molar-refractivity contribution in [3.63, 3.8) is 0 Å². The second-order valence-electron chi connectivity index (χ2n) is 7.94. The van der Waals surface area contributed by atoms with Crippen LogP contribution in [0, 0.1) is 11.3 Å². The molecule has 1 fully saturated rings. The molecule has 0 saturated heterocycles. The smallest absolute Gasteiger partial charge is 0.309 e. The SMILES string of the molecule is C[C@H](c1ccc(C(F)(F)F)nc1)n1nc(C#N)c2c(=O)[nH]c([C@@H]3CC[C@H]3n3cccn3)nc21. The van der Waals surface area contributed by atoms with Crippen molar-refractivity contribution in [1.82, 2.24) is 34.5 Å². The maximum atomic E-state index is 12.9. The molecule has 12 heteroatoms. The topological polar surface area (TPSA) is 118 Å². The van der Waals surface area contributed by atoms with E-state index in [-0.39, 0.29) is 28.7 Å². The van der Waals surface area contributed by atoms with Gasteiger partial charge in [-0.1, -0.05) is 6.07 Å². The fourth-order valence-electron chi connectivity index (χ4n) is 4.14. The summed E-state index contributed by atoms with van der Waals surface area (Å²) >= 11 is 0. The molecule has 168 valence electrons. The quantitative estimate of drug-likeness (QED) is 0.505. The Labute approximate surface area is 184 Å². The zero-order chi connectivity index (χ0) is 23.3. The molecular weight excluding hydrogens is 437 g/mol. The van der Waals surface area contributed by atoms with Crippen LogP contribution in [-0.2, 0) is 6.18 Å². The second-order valence-corrected chi connectivity index (χ2v) is 7.94. The normalized spacial score (nSPS) is 19.2. The van der Waals surface area contributed by atoms with Crippen LogP contribution in [0.5, 0.6) is 0 Å². The molecule has 1 saturated carbocycles. The molecule has 0 radical (unpaired) electrons. The summed E-state index contributed by atoms with van der Waals surface area (Å²) in [5.41, 5.74) is -0.966. The number of aromatic nitrogens is 7. The average molecular weight is 454 g/mol. The van der Waals surface area contributed by atoms with Crippen molar-refractivity contribution in [3.8, 4) is 6.07 Å². The van der Waals surface area contributed by atoms with E-state index < -0.39 is 23.5 Å². The summed E-state index contributed by atoms with van der Waals surface area (Å²) in [6, 6.07) is 5.34. The maximum Gasteiger partial charge on any atom is 0.433 e. The zero-order valence-electron chi connectivity index (χ0n) is 17.3. The van der Waals surface area contributed by atoms with Crippen molar-refractivity contribution < 1.29 is 13.2 Å². The van der Waals surface area contributed by atoms with E-state index in [9.17, 15) is 23.2 Å². The number of halogens is 3. The van der Waals surface area contributed by atoms with E-state index in [1.807, 2.05) is 23.0 Å². The summed E-state index contributed by atoms with van der Waals surface area (Å²) in [7, 11) is 0. The van der Waals surface area contributed by atoms with Gasteiger partial charge < -0.3 is 4.98 Å². The van der Waals surface area contributed by atoms with Crippen molar-refractivity contribution in [2.45, 2.75) is 43.9 Å². The van der Waals surface area contributed by atoms with Crippen LogP contribution in [0.4, 0.5) is 13.2 Å². The summed E-state index contributed by atoms with van der Waals surface area (Å²) < 4.78 is 41.8. The van der Waals surface area contributed by atoms with Crippen LogP contribution in [0.3, 0.4) is 0 Å². The molecule has 0 aliphatic heterocycles. The molecule has 1 N–H and O–H groups in total. The largest absolute Gasteiger partial charge is 0.433 e. The first-order valence-corrected chi connectivity index (χ1v) is 10.2. The van der Waals surface area contributed by atoms with Gasteiger partial charge in [0, 0.05) is 24.5 Å². The van der Waals surface area contributed by atoms with E-state index in [2.05, 4.69) is 25.1 Å². The third-order valence-corrected chi connectivity index (χ3v) is 6.07. The van der Waals surface area contributed by atoms with Gasteiger partial charge in [0.1, 0.15) is 23.0 Å². The second kappa shape index (κ2) is 7.54. The molecule has 33 heavy (non-hydrogen) atoms. The highest BCUT2D eigenvalue weighted by molar-refractivity contribution is 5.80. The van der Waals surface area contributed by atoms with Gasteiger partial charge in [0.15, 0.2) is 11.3 Å². The first-order valence-electron chi connectivity index (χ1n) is 10.2. The highest BCUT2D eigenvalue weighted by atomic mass is 19.4. The van der Waals surface area contributed by atoms with E-state index in [1.54, 1.807) is 13.1 Å². The Morgan fingerprint density at radius 1 is 1.30 bits per heavy atom. The minimum Gasteiger partial charge on any atom is -0.309 e. The Balaban J connectivity index is 1.58. The number of H-pyrrole nitrogens is 1. The standard InChI is InChI=1S/C21H17F3N8O/c1-11(12-3-6-16(26-10-12)21(22,23)24)32-19-17(14(9-25)30-32)20(33)29-18(28-19)13-4-5-15(13)31-8-2-7-27-31/h2-3,6-8,10-11,13,15H,4-5H2,1H3,(H,28,29,33)/t11-,13-,15-/m1/s1. The van der Waals surface area contributed by atoms with Gasteiger partial charge in [0.25, 0.3) is 5.56 Å². The maximum absolute atomic E-state index is 12.9. The fraction of sp³-hybridized carbons (Fsp3) is 0.333. The summed E-state index contributed by atoms with van der Waals surface area (Å²) in [6.45, 7) is 1.69. The predicted molar refractivity (Wildman–Crippen MR) is 109 cm³/mol. The number of hydrogen-bond donors (Lipinski definition) is 1. The van der Waals surface area contributed by atoms with Crippen molar-refractivity contribution in [2.24, 2.45) is 0 Å². The van der Waals surface area contributed by atoms with E-state index in [1.165, 1.54) is 10.7 Å². The Morgan fingerprint density at radius 2 is 2.12 bits per heavy atom. The summed E-state index contributed by atoms with van der Waals surface area (Å²) in [5, 5.41) is 18.1. The fourth-order valence-corrected chi connectivity index (χ4v) is 4.14. The van der Waals surface area contributed by atoms with Gasteiger partial charge in [-0.2, -0.15) is 28.6 Å². The van der Waals surface area contributed by atoms with Crippen molar-refractivity contribution in [1.29, 1.82) is 5.26 Å². The molecule has 9 nitrogen and oxygen atoms in total. The molecular formula is C21H17F3N8O. The van der Waals surface area contributed by atoms with Gasteiger partial charge in [-0.3, -0.25) is 14.5 Å². The average Bonchev–Trinajstić information content (AvgIpc) is 3.40. The van der Waals surface area contributed by atoms with Crippen LogP contribution in [0.25, 0.3) is 11.0 Å². The zero-order valence-corrected chi connectivity index (χ0v) is 17.3. The number of hydrogen-bond acceptors (Lipinski definition) is 6. The molecule has 4 aromatic heterocycles. The van der Waals surface area contributed by atoms with E-state index >= 15 is 0 Å². The minimum atomic E-state index is -4.55. The van der Waals surface area contributed by atoms with Crippen LogP contribution < -0.4 is 5.56 Å². The lowest BCUT2D eigenvalue weighted by molar-refractivity contribution is -0.141. The van der Waals surface area contributed by atoms with Gasteiger partial charge in [-0.05, 0) is 37.5 Å². The lowest BCUT2D eigenvalue weighted by Crippen LogP contribution is -2.30. The van der Waals surface area contributed by atoms with E-state index in [0.29, 0.717) is 11.4 Å². The number of rotatable bonds is 4. The highest BCUT2D eigenvalue weighted by Gasteiger charge is 2.37. The number of fused-ring (bicyclic) bond motifs is 1. The Kier molecular flexibility index (Phi) is 4.77. The molecule has 5 rings (SSSR count). The molecule has 0 unspecified atom stereocenters. The lowest BCUT2D eigenvalue weighted by Gasteiger charge is -2.35. The summed E-state index contributed by atoms with van der Waals surface area (Å²) in [6.07, 6.45) is 1.78. The molecule has 0 aromatic carbocycles. The molecule has 4 heterocycles. The highest BCUT2D eigenvalue weighted by Crippen LogP contribution is 2.44. The molecule has 0 amide bonds. The monoisotopic (exact) mass is 454 g/mol. The number of alkyl halides is 3. The van der Waals surface area contributed by atoms with Crippen molar-refractivity contribution in [3.05, 3.63) is 69.9 Å². The molecule has 1 aliphatic carbocycles. The van der Waals surface area contributed by atoms with E-state index in [4.69, 9.17) is 0 Å². The van der Waals surface area contributed by atoms with Crippen LogP contribution >= 0.6 is 0 Å². The van der Waals surface area contributed by atoms with Crippen LogP contribution in [0.1, 0.15) is 60.5 Å². The Bertz CT molecular complexity index is 1410. The van der Waals surface area contributed by atoms with Gasteiger partial charge in [0.2, 0.25) is 0 Å². The Hall–Kier alpha value is -4.01. The molecule has 3 atom stereocenters. The number of nitrogens with one attached hydrogen (secondary N) is 1. The molecule has 0 spiro atoms.